The lowest BCUT2D eigenvalue weighted by molar-refractivity contribution is 0.0951. The van der Waals surface area contributed by atoms with Gasteiger partial charge in [0, 0.05) is 37.9 Å². The van der Waals surface area contributed by atoms with Crippen LogP contribution in [0, 0.1) is 0 Å². The summed E-state index contributed by atoms with van der Waals surface area (Å²) >= 11 is 0. The van der Waals surface area contributed by atoms with E-state index in [1.54, 1.807) is 0 Å². The number of rotatable bonds is 6. The number of carbonyl (C=O) groups excluding carboxylic acids is 2. The van der Waals surface area contributed by atoms with E-state index in [0.29, 0.717) is 12.1 Å². The SMILES string of the molecule is COC(=O)NC1CCN(c2ccccc2C(=O)NCCN(C)C)CC1. The molecule has 2 N–H and O–H groups in total. The predicted molar refractivity (Wildman–Crippen MR) is 98.1 cm³/mol. The minimum atomic E-state index is -0.390. The average Bonchev–Trinajstić information content (AvgIpc) is 2.62. The summed E-state index contributed by atoms with van der Waals surface area (Å²) in [6, 6.07) is 7.79. The van der Waals surface area contributed by atoms with Gasteiger partial charge in [0.1, 0.15) is 0 Å². The topological polar surface area (TPSA) is 73.9 Å². The number of piperidine rings is 1. The first kappa shape index (κ1) is 19.1. The number of benzene rings is 1. The second-order valence-corrected chi connectivity index (χ2v) is 6.47. The summed E-state index contributed by atoms with van der Waals surface area (Å²) in [5.74, 6) is -0.0488. The molecule has 7 heteroatoms. The van der Waals surface area contributed by atoms with Crippen LogP contribution in [0.1, 0.15) is 23.2 Å². The maximum atomic E-state index is 12.5. The highest BCUT2D eigenvalue weighted by Crippen LogP contribution is 2.24. The number of hydrogen-bond donors (Lipinski definition) is 2. The van der Waals surface area contributed by atoms with Crippen LogP contribution < -0.4 is 15.5 Å². The van der Waals surface area contributed by atoms with Gasteiger partial charge in [0.25, 0.3) is 5.91 Å². The fraction of sp³-hybridized carbons (Fsp3) is 0.556. The maximum absolute atomic E-state index is 12.5. The lowest BCUT2D eigenvalue weighted by Crippen LogP contribution is -2.45. The summed E-state index contributed by atoms with van der Waals surface area (Å²) in [6.45, 7) is 3.00. The van der Waals surface area contributed by atoms with Gasteiger partial charge in [0.05, 0.1) is 12.7 Å². The van der Waals surface area contributed by atoms with Gasteiger partial charge in [-0.3, -0.25) is 4.79 Å². The molecule has 1 aliphatic rings. The molecule has 2 rings (SSSR count). The van der Waals surface area contributed by atoms with Crippen molar-refractivity contribution in [1.82, 2.24) is 15.5 Å². The molecule has 0 atom stereocenters. The fourth-order valence-electron chi connectivity index (χ4n) is 2.92. The third-order valence-corrected chi connectivity index (χ3v) is 4.34. The highest BCUT2D eigenvalue weighted by Gasteiger charge is 2.23. The second kappa shape index (κ2) is 9.27. The molecule has 7 nitrogen and oxygen atoms in total. The Morgan fingerprint density at radius 3 is 2.56 bits per heavy atom. The van der Waals surface area contributed by atoms with Crippen molar-refractivity contribution >= 4 is 17.7 Å². The molecule has 0 bridgehead atoms. The van der Waals surface area contributed by atoms with E-state index in [2.05, 4.69) is 20.3 Å². The van der Waals surface area contributed by atoms with Crippen molar-refractivity contribution in [3.8, 4) is 0 Å². The van der Waals surface area contributed by atoms with Crippen LogP contribution >= 0.6 is 0 Å². The number of alkyl carbamates (subject to hydrolysis) is 1. The average molecular weight is 348 g/mol. The highest BCUT2D eigenvalue weighted by molar-refractivity contribution is 5.99. The molecule has 25 heavy (non-hydrogen) atoms. The van der Waals surface area contributed by atoms with Crippen LogP contribution in [-0.4, -0.2) is 70.3 Å². The Labute approximate surface area is 149 Å². The van der Waals surface area contributed by atoms with Crippen molar-refractivity contribution in [3.63, 3.8) is 0 Å². The van der Waals surface area contributed by atoms with E-state index in [4.69, 9.17) is 0 Å². The molecule has 2 amide bonds. The number of ether oxygens (including phenoxy) is 1. The molecule has 0 radical (unpaired) electrons. The van der Waals surface area contributed by atoms with Gasteiger partial charge in [0.2, 0.25) is 0 Å². The number of methoxy groups -OCH3 is 1. The van der Waals surface area contributed by atoms with Crippen LogP contribution in [0.15, 0.2) is 24.3 Å². The molecule has 0 aromatic heterocycles. The summed E-state index contributed by atoms with van der Waals surface area (Å²) < 4.78 is 4.65. The van der Waals surface area contributed by atoms with Crippen LogP contribution in [0.5, 0.6) is 0 Å². The molecule has 0 unspecified atom stereocenters. The molecule has 138 valence electrons. The first-order chi connectivity index (χ1) is 12.0. The molecular formula is C18H28N4O3. The number of anilines is 1. The summed E-state index contributed by atoms with van der Waals surface area (Å²) in [7, 11) is 5.33. The molecule has 0 aliphatic carbocycles. The summed E-state index contributed by atoms with van der Waals surface area (Å²) in [6.07, 6.45) is 1.26. The standard InChI is InChI=1S/C18H28N4O3/c1-21(2)13-10-19-17(23)15-6-4-5-7-16(15)22-11-8-14(9-12-22)20-18(24)25-3/h4-7,14H,8-13H2,1-3H3,(H,19,23)(H,20,24). The Hall–Kier alpha value is -2.28. The Balaban J connectivity index is 1.96. The zero-order valence-corrected chi connectivity index (χ0v) is 15.2. The maximum Gasteiger partial charge on any atom is 0.407 e. The quantitative estimate of drug-likeness (QED) is 0.811. The predicted octanol–water partition coefficient (Wildman–Crippen LogP) is 1.30. The van der Waals surface area contributed by atoms with E-state index >= 15 is 0 Å². The van der Waals surface area contributed by atoms with E-state index in [9.17, 15) is 9.59 Å². The first-order valence-electron chi connectivity index (χ1n) is 8.62. The van der Waals surface area contributed by atoms with Crippen molar-refractivity contribution in [3.05, 3.63) is 29.8 Å². The third kappa shape index (κ3) is 5.63. The molecule has 1 fully saturated rings. The van der Waals surface area contributed by atoms with E-state index < -0.39 is 0 Å². The Kier molecular flexibility index (Phi) is 7.06. The normalized spacial score (nSPS) is 15.1. The van der Waals surface area contributed by atoms with E-state index in [-0.39, 0.29) is 18.0 Å². The number of likely N-dealkylation sites (N-methyl/N-ethyl adjacent to an activating group) is 1. The van der Waals surface area contributed by atoms with Gasteiger partial charge in [0.15, 0.2) is 0 Å². The largest absolute Gasteiger partial charge is 0.453 e. The van der Waals surface area contributed by atoms with E-state index in [1.165, 1.54) is 7.11 Å². The third-order valence-electron chi connectivity index (χ3n) is 4.34. The number of nitrogens with zero attached hydrogens (tertiary/aromatic N) is 2. The monoisotopic (exact) mass is 348 g/mol. The molecule has 1 aromatic rings. The van der Waals surface area contributed by atoms with Gasteiger partial charge in [-0.2, -0.15) is 0 Å². The lowest BCUT2D eigenvalue weighted by Gasteiger charge is -2.34. The zero-order chi connectivity index (χ0) is 18.2. The van der Waals surface area contributed by atoms with Crippen molar-refractivity contribution < 1.29 is 14.3 Å². The van der Waals surface area contributed by atoms with Crippen molar-refractivity contribution in [1.29, 1.82) is 0 Å². The number of hydrogen-bond acceptors (Lipinski definition) is 5. The van der Waals surface area contributed by atoms with E-state index in [0.717, 1.165) is 38.2 Å². The van der Waals surface area contributed by atoms with E-state index in [1.807, 2.05) is 43.3 Å². The second-order valence-electron chi connectivity index (χ2n) is 6.47. The number of amides is 2. The Bertz CT molecular complexity index is 583. The van der Waals surface area contributed by atoms with Crippen LogP contribution in [0.4, 0.5) is 10.5 Å². The van der Waals surface area contributed by atoms with Gasteiger partial charge in [-0.05, 0) is 39.1 Å². The summed E-state index contributed by atoms with van der Waals surface area (Å²) in [5, 5.41) is 5.82. The summed E-state index contributed by atoms with van der Waals surface area (Å²) in [4.78, 5) is 28.1. The summed E-state index contributed by atoms with van der Waals surface area (Å²) in [5.41, 5.74) is 1.64. The fourth-order valence-corrected chi connectivity index (χ4v) is 2.92. The van der Waals surface area contributed by atoms with Crippen molar-refractivity contribution in [2.75, 3.05) is 52.3 Å². The van der Waals surface area contributed by atoms with Gasteiger partial charge >= 0.3 is 6.09 Å². The van der Waals surface area contributed by atoms with Crippen molar-refractivity contribution in [2.45, 2.75) is 18.9 Å². The van der Waals surface area contributed by atoms with Crippen LogP contribution in [0.25, 0.3) is 0 Å². The minimum absolute atomic E-state index is 0.0488. The molecule has 1 aromatic carbocycles. The van der Waals surface area contributed by atoms with Crippen LogP contribution in [0.2, 0.25) is 0 Å². The van der Waals surface area contributed by atoms with Crippen LogP contribution in [-0.2, 0) is 4.74 Å². The molecule has 1 aliphatic heterocycles. The lowest BCUT2D eigenvalue weighted by atomic mass is 10.0. The smallest absolute Gasteiger partial charge is 0.407 e. The highest BCUT2D eigenvalue weighted by atomic mass is 16.5. The minimum Gasteiger partial charge on any atom is -0.453 e. The molecule has 1 heterocycles. The molecule has 1 saturated heterocycles. The Morgan fingerprint density at radius 1 is 1.24 bits per heavy atom. The van der Waals surface area contributed by atoms with Gasteiger partial charge in [-0.15, -0.1) is 0 Å². The number of para-hydroxylation sites is 1. The van der Waals surface area contributed by atoms with Crippen molar-refractivity contribution in [2.24, 2.45) is 0 Å². The molecule has 0 spiro atoms. The number of nitrogens with one attached hydrogen (secondary N) is 2. The first-order valence-corrected chi connectivity index (χ1v) is 8.62. The molecule has 0 saturated carbocycles. The Morgan fingerprint density at radius 2 is 1.92 bits per heavy atom. The van der Waals surface area contributed by atoms with Gasteiger partial charge in [-0.1, -0.05) is 12.1 Å². The van der Waals surface area contributed by atoms with Gasteiger partial charge < -0.3 is 25.2 Å². The number of carbonyl (C=O) groups is 2. The molecular weight excluding hydrogens is 320 g/mol. The van der Waals surface area contributed by atoms with Gasteiger partial charge in [-0.25, -0.2) is 4.79 Å². The zero-order valence-electron chi connectivity index (χ0n) is 15.2. The van der Waals surface area contributed by atoms with Crippen LogP contribution in [0.3, 0.4) is 0 Å².